The van der Waals surface area contributed by atoms with Gasteiger partial charge in [0.25, 0.3) is 0 Å². The predicted molar refractivity (Wildman–Crippen MR) is 78.1 cm³/mol. The van der Waals surface area contributed by atoms with Crippen LogP contribution in [0.15, 0.2) is 48.8 Å². The molecule has 0 radical (unpaired) electrons. The number of halogens is 1. The highest BCUT2D eigenvalue weighted by Crippen LogP contribution is 2.12. The second-order valence-corrected chi connectivity index (χ2v) is 4.50. The van der Waals surface area contributed by atoms with Crippen LogP contribution in [0.2, 0.25) is 5.02 Å². The first-order valence-electron chi connectivity index (χ1n) is 5.80. The van der Waals surface area contributed by atoms with E-state index in [0.29, 0.717) is 10.7 Å². The monoisotopic (exact) mass is 272 g/mol. The Hall–Kier alpha value is -2.13. The van der Waals surface area contributed by atoms with E-state index < -0.39 is 0 Å². The maximum Gasteiger partial charge on any atom is 0.248 e. The molecule has 0 aliphatic heterocycles. The van der Waals surface area contributed by atoms with Crippen molar-refractivity contribution < 1.29 is 4.79 Å². The zero-order valence-corrected chi connectivity index (χ0v) is 11.2. The standard InChI is InChI=1S/C15H13ClN2O/c1-11-8-9-17-10-14(11)18-15(19)7-4-12-2-5-13(16)6-3-12/h2-10H,1H3,(H,18,19). The lowest BCUT2D eigenvalue weighted by Gasteiger charge is -2.04. The third-order valence-electron chi connectivity index (χ3n) is 2.59. The summed E-state index contributed by atoms with van der Waals surface area (Å²) in [6, 6.07) is 9.11. The minimum atomic E-state index is -0.189. The molecule has 3 nitrogen and oxygen atoms in total. The molecule has 1 heterocycles. The first-order chi connectivity index (χ1) is 9.15. The highest BCUT2D eigenvalue weighted by molar-refractivity contribution is 6.30. The predicted octanol–water partition coefficient (Wildman–Crippen LogP) is 3.70. The highest BCUT2D eigenvalue weighted by atomic mass is 35.5. The molecule has 0 unspecified atom stereocenters. The fourth-order valence-electron chi connectivity index (χ4n) is 1.52. The molecule has 1 aromatic carbocycles. The summed E-state index contributed by atoms with van der Waals surface area (Å²) in [5.74, 6) is -0.189. The van der Waals surface area contributed by atoms with Gasteiger partial charge in [0, 0.05) is 17.3 Å². The maximum atomic E-state index is 11.8. The third-order valence-corrected chi connectivity index (χ3v) is 2.85. The van der Waals surface area contributed by atoms with Crippen LogP contribution in [-0.4, -0.2) is 10.9 Å². The molecule has 96 valence electrons. The lowest BCUT2D eigenvalue weighted by Crippen LogP contribution is -2.09. The van der Waals surface area contributed by atoms with Gasteiger partial charge in [0.05, 0.1) is 11.9 Å². The van der Waals surface area contributed by atoms with Gasteiger partial charge in [-0.15, -0.1) is 0 Å². The Bertz CT molecular complexity index is 606. The number of pyridine rings is 1. The molecule has 0 saturated heterocycles. The van der Waals surface area contributed by atoms with Crippen LogP contribution in [0.3, 0.4) is 0 Å². The Morgan fingerprint density at radius 3 is 2.68 bits per heavy atom. The van der Waals surface area contributed by atoms with Gasteiger partial charge in [0.2, 0.25) is 5.91 Å². The Labute approximate surface area is 116 Å². The first kappa shape index (κ1) is 13.3. The van der Waals surface area contributed by atoms with E-state index in [-0.39, 0.29) is 5.91 Å². The molecule has 2 rings (SSSR count). The number of carbonyl (C=O) groups excluding carboxylic acids is 1. The van der Waals surface area contributed by atoms with Gasteiger partial charge < -0.3 is 5.32 Å². The molecule has 0 aliphatic carbocycles. The van der Waals surface area contributed by atoms with Gasteiger partial charge in [-0.3, -0.25) is 9.78 Å². The summed E-state index contributed by atoms with van der Waals surface area (Å²) in [4.78, 5) is 15.7. The van der Waals surface area contributed by atoms with Crippen LogP contribution in [-0.2, 0) is 4.79 Å². The van der Waals surface area contributed by atoms with Crippen LogP contribution < -0.4 is 5.32 Å². The lowest BCUT2D eigenvalue weighted by atomic mass is 10.2. The second kappa shape index (κ2) is 6.16. The van der Waals surface area contributed by atoms with Gasteiger partial charge >= 0.3 is 0 Å². The minimum Gasteiger partial charge on any atom is -0.321 e. The zero-order chi connectivity index (χ0) is 13.7. The fourth-order valence-corrected chi connectivity index (χ4v) is 1.64. The average molecular weight is 273 g/mol. The Balaban J connectivity index is 2.02. The topological polar surface area (TPSA) is 42.0 Å². The van der Waals surface area contributed by atoms with Crippen molar-refractivity contribution in [3.63, 3.8) is 0 Å². The minimum absolute atomic E-state index is 0.189. The Kier molecular flexibility index (Phi) is 4.31. The molecule has 0 saturated carbocycles. The average Bonchev–Trinajstić information content (AvgIpc) is 2.41. The van der Waals surface area contributed by atoms with Crippen molar-refractivity contribution in [1.82, 2.24) is 4.98 Å². The van der Waals surface area contributed by atoms with E-state index in [9.17, 15) is 4.79 Å². The van der Waals surface area contributed by atoms with Crippen LogP contribution in [0.1, 0.15) is 11.1 Å². The summed E-state index contributed by atoms with van der Waals surface area (Å²) >= 11 is 5.79. The Morgan fingerprint density at radius 1 is 1.26 bits per heavy atom. The number of hydrogen-bond acceptors (Lipinski definition) is 2. The molecule has 19 heavy (non-hydrogen) atoms. The molecule has 0 aliphatic rings. The van der Waals surface area contributed by atoms with Crippen LogP contribution in [0.4, 0.5) is 5.69 Å². The number of amides is 1. The van der Waals surface area contributed by atoms with E-state index in [2.05, 4.69) is 10.3 Å². The molecular weight excluding hydrogens is 260 g/mol. The summed E-state index contributed by atoms with van der Waals surface area (Å²) in [7, 11) is 0. The van der Waals surface area contributed by atoms with Gasteiger partial charge in [0.1, 0.15) is 0 Å². The Morgan fingerprint density at radius 2 is 2.00 bits per heavy atom. The number of hydrogen-bond donors (Lipinski definition) is 1. The third kappa shape index (κ3) is 3.93. The van der Waals surface area contributed by atoms with Gasteiger partial charge in [-0.25, -0.2) is 0 Å². The number of anilines is 1. The van der Waals surface area contributed by atoms with Gasteiger partial charge in [-0.2, -0.15) is 0 Å². The number of nitrogens with one attached hydrogen (secondary N) is 1. The molecule has 1 aromatic heterocycles. The van der Waals surface area contributed by atoms with Crippen molar-refractivity contribution in [2.45, 2.75) is 6.92 Å². The summed E-state index contributed by atoms with van der Waals surface area (Å²) < 4.78 is 0. The van der Waals surface area contributed by atoms with Crippen molar-refractivity contribution in [3.05, 3.63) is 65.0 Å². The maximum absolute atomic E-state index is 11.8. The molecular formula is C15H13ClN2O. The summed E-state index contributed by atoms with van der Waals surface area (Å²) in [5, 5.41) is 3.45. The van der Waals surface area contributed by atoms with Crippen LogP contribution in [0.5, 0.6) is 0 Å². The van der Waals surface area contributed by atoms with Crippen molar-refractivity contribution >= 4 is 29.3 Å². The lowest BCUT2D eigenvalue weighted by molar-refractivity contribution is -0.111. The summed E-state index contributed by atoms with van der Waals surface area (Å²) in [6.45, 7) is 1.92. The largest absolute Gasteiger partial charge is 0.321 e. The second-order valence-electron chi connectivity index (χ2n) is 4.06. The van der Waals surface area contributed by atoms with Crippen LogP contribution >= 0.6 is 11.6 Å². The van der Waals surface area contributed by atoms with Crippen LogP contribution in [0.25, 0.3) is 6.08 Å². The number of aryl methyl sites for hydroxylation is 1. The van der Waals surface area contributed by atoms with E-state index in [4.69, 9.17) is 11.6 Å². The van der Waals surface area contributed by atoms with Gasteiger partial charge in [0.15, 0.2) is 0 Å². The van der Waals surface area contributed by atoms with E-state index in [1.54, 1.807) is 30.6 Å². The molecule has 0 spiro atoms. The van der Waals surface area contributed by atoms with Crippen LogP contribution in [0, 0.1) is 6.92 Å². The molecule has 1 N–H and O–H groups in total. The first-order valence-corrected chi connectivity index (χ1v) is 6.18. The smallest absolute Gasteiger partial charge is 0.248 e. The number of benzene rings is 1. The zero-order valence-electron chi connectivity index (χ0n) is 10.4. The highest BCUT2D eigenvalue weighted by Gasteiger charge is 2.00. The van der Waals surface area contributed by atoms with E-state index in [1.165, 1.54) is 6.08 Å². The molecule has 0 bridgehead atoms. The fraction of sp³-hybridized carbons (Fsp3) is 0.0667. The number of nitrogens with zero attached hydrogens (tertiary/aromatic N) is 1. The molecule has 0 atom stereocenters. The van der Waals surface area contributed by atoms with Crippen molar-refractivity contribution in [3.8, 4) is 0 Å². The van der Waals surface area contributed by atoms with E-state index in [0.717, 1.165) is 11.1 Å². The van der Waals surface area contributed by atoms with Crippen molar-refractivity contribution in [2.24, 2.45) is 0 Å². The number of aromatic nitrogens is 1. The number of rotatable bonds is 3. The van der Waals surface area contributed by atoms with Gasteiger partial charge in [-0.1, -0.05) is 23.7 Å². The quantitative estimate of drug-likeness (QED) is 0.866. The van der Waals surface area contributed by atoms with E-state index in [1.807, 2.05) is 25.1 Å². The molecule has 4 heteroatoms. The summed E-state index contributed by atoms with van der Waals surface area (Å²) in [6.07, 6.45) is 6.53. The normalized spacial score (nSPS) is 10.6. The van der Waals surface area contributed by atoms with Gasteiger partial charge in [-0.05, 0) is 42.3 Å². The summed E-state index contributed by atoms with van der Waals surface area (Å²) in [5.41, 5.74) is 2.61. The number of carbonyl (C=O) groups is 1. The van der Waals surface area contributed by atoms with Crippen molar-refractivity contribution in [2.75, 3.05) is 5.32 Å². The molecule has 1 amide bonds. The van der Waals surface area contributed by atoms with E-state index >= 15 is 0 Å². The van der Waals surface area contributed by atoms with Crippen molar-refractivity contribution in [1.29, 1.82) is 0 Å². The molecule has 2 aromatic rings. The molecule has 0 fully saturated rings. The SMILES string of the molecule is Cc1ccncc1NC(=O)C=Cc1ccc(Cl)cc1.